The molecule has 0 amide bonds. The van der Waals surface area contributed by atoms with Gasteiger partial charge in [-0.25, -0.2) is 0 Å². The van der Waals surface area contributed by atoms with E-state index in [9.17, 15) is 0 Å². The minimum absolute atomic E-state index is 0.421. The van der Waals surface area contributed by atoms with Crippen molar-refractivity contribution in [3.63, 3.8) is 0 Å². The number of nitrogens with two attached hydrogens (primary N) is 1. The predicted octanol–water partition coefficient (Wildman–Crippen LogP) is 2.49. The van der Waals surface area contributed by atoms with E-state index >= 15 is 0 Å². The minimum atomic E-state index is 0.421. The zero-order chi connectivity index (χ0) is 8.20. The third-order valence-electron chi connectivity index (χ3n) is 1.35. The zero-order valence-electron chi connectivity index (χ0n) is 7.11. The van der Waals surface area contributed by atoms with E-state index in [0.717, 1.165) is 12.8 Å². The van der Waals surface area contributed by atoms with Crippen LogP contribution < -0.4 is 5.73 Å². The molecule has 2 heteroatoms. The largest absolute Gasteiger partial charge is 0.393 e. The lowest BCUT2D eigenvalue weighted by atomic mass is 9.90. The lowest BCUT2D eigenvalue weighted by Crippen LogP contribution is -2.10. The number of rotatable bonds is 3. The van der Waals surface area contributed by atoms with Crippen LogP contribution >= 0.6 is 12.2 Å². The van der Waals surface area contributed by atoms with Crippen molar-refractivity contribution in [3.05, 3.63) is 0 Å². The summed E-state index contributed by atoms with van der Waals surface area (Å²) in [5, 5.41) is 0. The van der Waals surface area contributed by atoms with Gasteiger partial charge in [-0.1, -0.05) is 33.0 Å². The predicted molar refractivity (Wildman–Crippen MR) is 50.1 cm³/mol. The quantitative estimate of drug-likeness (QED) is 0.640. The average Bonchev–Trinajstić information content (AvgIpc) is 1.59. The molecule has 0 aromatic rings. The fourth-order valence-corrected chi connectivity index (χ4v) is 0.937. The van der Waals surface area contributed by atoms with Gasteiger partial charge >= 0.3 is 0 Å². The van der Waals surface area contributed by atoms with Gasteiger partial charge in [-0.2, -0.15) is 0 Å². The van der Waals surface area contributed by atoms with E-state index in [-0.39, 0.29) is 0 Å². The summed E-state index contributed by atoms with van der Waals surface area (Å²) in [7, 11) is 0. The Bertz CT molecular complexity index is 113. The van der Waals surface area contributed by atoms with E-state index in [1.807, 2.05) is 0 Å². The van der Waals surface area contributed by atoms with Crippen LogP contribution in [0.4, 0.5) is 0 Å². The first-order valence-corrected chi connectivity index (χ1v) is 4.11. The summed E-state index contributed by atoms with van der Waals surface area (Å²) < 4.78 is 0. The molecule has 0 radical (unpaired) electrons. The first-order chi connectivity index (χ1) is 4.42. The summed E-state index contributed by atoms with van der Waals surface area (Å²) in [4.78, 5) is 0.643. The Hall–Kier alpha value is -0.110. The van der Waals surface area contributed by atoms with Gasteiger partial charge in [-0.15, -0.1) is 0 Å². The molecule has 0 aromatic heterocycles. The normalized spacial score (nSPS) is 11.5. The van der Waals surface area contributed by atoms with Crippen LogP contribution in [0.2, 0.25) is 0 Å². The standard InChI is InChI=1S/C8H17NS/c1-8(2,3)6-4-5-7(9)10/h4-6H2,1-3H3,(H2,9,10). The lowest BCUT2D eigenvalue weighted by Gasteiger charge is -2.16. The molecular formula is C8H17NS. The van der Waals surface area contributed by atoms with E-state index in [0.29, 0.717) is 10.4 Å². The van der Waals surface area contributed by atoms with Gasteiger partial charge < -0.3 is 5.73 Å². The molecule has 0 saturated heterocycles. The van der Waals surface area contributed by atoms with E-state index in [1.54, 1.807) is 0 Å². The van der Waals surface area contributed by atoms with Crippen LogP contribution in [0.1, 0.15) is 40.0 Å². The molecule has 0 unspecified atom stereocenters. The van der Waals surface area contributed by atoms with Crippen molar-refractivity contribution in [2.45, 2.75) is 40.0 Å². The molecule has 2 N–H and O–H groups in total. The highest BCUT2D eigenvalue weighted by atomic mass is 32.1. The molecule has 0 aromatic carbocycles. The van der Waals surface area contributed by atoms with E-state index in [1.165, 1.54) is 6.42 Å². The van der Waals surface area contributed by atoms with Gasteiger partial charge in [-0.3, -0.25) is 0 Å². The van der Waals surface area contributed by atoms with Crippen molar-refractivity contribution >= 4 is 17.2 Å². The molecule has 0 bridgehead atoms. The topological polar surface area (TPSA) is 26.0 Å². The SMILES string of the molecule is CC(C)(C)CCCC(N)=S. The number of thiocarbonyl (C=S) groups is 1. The van der Waals surface area contributed by atoms with Crippen molar-refractivity contribution in [3.8, 4) is 0 Å². The van der Waals surface area contributed by atoms with Crippen LogP contribution in [0.15, 0.2) is 0 Å². The zero-order valence-corrected chi connectivity index (χ0v) is 7.92. The average molecular weight is 159 g/mol. The van der Waals surface area contributed by atoms with Crippen LogP contribution in [-0.4, -0.2) is 4.99 Å². The third kappa shape index (κ3) is 7.89. The van der Waals surface area contributed by atoms with Gasteiger partial charge in [0.1, 0.15) is 0 Å². The van der Waals surface area contributed by atoms with Crippen molar-refractivity contribution in [1.29, 1.82) is 0 Å². The molecule has 0 saturated carbocycles. The van der Waals surface area contributed by atoms with Crippen molar-refractivity contribution in [1.82, 2.24) is 0 Å². The molecular weight excluding hydrogens is 142 g/mol. The Balaban J connectivity index is 3.29. The Labute approximate surface area is 69.0 Å². The maximum Gasteiger partial charge on any atom is 0.0727 e. The number of hydrogen-bond acceptors (Lipinski definition) is 1. The Morgan fingerprint density at radius 3 is 2.20 bits per heavy atom. The second-order valence-corrected chi connectivity index (χ2v) is 4.40. The smallest absolute Gasteiger partial charge is 0.0727 e. The summed E-state index contributed by atoms with van der Waals surface area (Å²) in [5.41, 5.74) is 5.77. The van der Waals surface area contributed by atoms with Crippen LogP contribution in [0.5, 0.6) is 0 Å². The molecule has 0 heterocycles. The van der Waals surface area contributed by atoms with E-state index < -0.39 is 0 Å². The monoisotopic (exact) mass is 159 g/mol. The highest BCUT2D eigenvalue weighted by Crippen LogP contribution is 2.21. The van der Waals surface area contributed by atoms with Crippen LogP contribution in [0, 0.1) is 5.41 Å². The summed E-state index contributed by atoms with van der Waals surface area (Å²) >= 11 is 4.76. The first kappa shape index (κ1) is 9.89. The Kier molecular flexibility index (Phi) is 3.87. The molecule has 10 heavy (non-hydrogen) atoms. The maximum atomic E-state index is 5.35. The molecule has 0 fully saturated rings. The van der Waals surface area contributed by atoms with Crippen LogP contribution in [0.25, 0.3) is 0 Å². The molecule has 0 spiro atoms. The van der Waals surface area contributed by atoms with Crippen LogP contribution in [-0.2, 0) is 0 Å². The van der Waals surface area contributed by atoms with Crippen molar-refractivity contribution in [2.75, 3.05) is 0 Å². The van der Waals surface area contributed by atoms with Crippen molar-refractivity contribution < 1.29 is 0 Å². The summed E-state index contributed by atoms with van der Waals surface area (Å²) in [6.45, 7) is 6.69. The molecule has 1 nitrogen and oxygen atoms in total. The lowest BCUT2D eigenvalue weighted by molar-refractivity contribution is 0.369. The first-order valence-electron chi connectivity index (χ1n) is 3.70. The van der Waals surface area contributed by atoms with E-state index in [4.69, 9.17) is 18.0 Å². The molecule has 0 aliphatic heterocycles. The summed E-state index contributed by atoms with van der Waals surface area (Å²) in [6, 6.07) is 0. The Morgan fingerprint density at radius 1 is 1.40 bits per heavy atom. The van der Waals surface area contributed by atoms with Gasteiger partial charge in [0.25, 0.3) is 0 Å². The van der Waals surface area contributed by atoms with Gasteiger partial charge in [0.15, 0.2) is 0 Å². The molecule has 0 aliphatic carbocycles. The highest BCUT2D eigenvalue weighted by molar-refractivity contribution is 7.80. The summed E-state index contributed by atoms with van der Waals surface area (Å²) in [5.74, 6) is 0. The number of hydrogen-bond donors (Lipinski definition) is 1. The fraction of sp³-hybridized carbons (Fsp3) is 0.875. The van der Waals surface area contributed by atoms with E-state index in [2.05, 4.69) is 20.8 Å². The van der Waals surface area contributed by atoms with Gasteiger partial charge in [0.05, 0.1) is 4.99 Å². The Morgan fingerprint density at radius 2 is 1.90 bits per heavy atom. The van der Waals surface area contributed by atoms with Gasteiger partial charge in [0, 0.05) is 0 Å². The molecule has 60 valence electrons. The van der Waals surface area contributed by atoms with Crippen molar-refractivity contribution in [2.24, 2.45) is 11.1 Å². The van der Waals surface area contributed by atoms with Gasteiger partial charge in [-0.05, 0) is 24.7 Å². The van der Waals surface area contributed by atoms with Crippen LogP contribution in [0.3, 0.4) is 0 Å². The third-order valence-corrected chi connectivity index (χ3v) is 1.55. The molecule has 0 atom stereocenters. The highest BCUT2D eigenvalue weighted by Gasteiger charge is 2.08. The second kappa shape index (κ2) is 3.91. The molecule has 0 rings (SSSR count). The summed E-state index contributed by atoms with van der Waals surface area (Å²) in [6.07, 6.45) is 3.22. The maximum absolute atomic E-state index is 5.35. The second-order valence-electron chi connectivity index (χ2n) is 3.88. The van der Waals surface area contributed by atoms with Gasteiger partial charge in [0.2, 0.25) is 0 Å². The molecule has 0 aliphatic rings. The fourth-order valence-electron chi connectivity index (χ4n) is 0.793. The minimum Gasteiger partial charge on any atom is -0.393 e.